The maximum atomic E-state index is 13.4. The molecule has 3 aromatic rings. The van der Waals surface area contributed by atoms with Crippen LogP contribution in [0.5, 0.6) is 0 Å². The Labute approximate surface area is 155 Å². The summed E-state index contributed by atoms with van der Waals surface area (Å²) in [6.45, 7) is -1.06. The zero-order chi connectivity index (χ0) is 19.7. The summed E-state index contributed by atoms with van der Waals surface area (Å²) in [6.07, 6.45) is 1.46. The maximum Gasteiger partial charge on any atom is 0.345 e. The van der Waals surface area contributed by atoms with Gasteiger partial charge in [0.05, 0.1) is 6.61 Å². The molecule has 1 N–H and O–H groups in total. The molecule has 2 heterocycles. The minimum Gasteiger partial charge on any atom is -0.340 e. The van der Waals surface area contributed by atoms with Gasteiger partial charge in [0, 0.05) is 17.1 Å². The van der Waals surface area contributed by atoms with Gasteiger partial charge >= 0.3 is 6.61 Å². The van der Waals surface area contributed by atoms with Gasteiger partial charge in [0.2, 0.25) is 10.0 Å². The summed E-state index contributed by atoms with van der Waals surface area (Å²) in [4.78, 5) is 7.19. The molecule has 9 heteroatoms. The minimum atomic E-state index is -4.17. The van der Waals surface area contributed by atoms with Crippen molar-refractivity contribution in [2.45, 2.75) is 25.2 Å². The van der Waals surface area contributed by atoms with Gasteiger partial charge < -0.3 is 9.72 Å². The van der Waals surface area contributed by atoms with Crippen LogP contribution >= 0.6 is 0 Å². The molecule has 0 atom stereocenters. The number of nitrogens with zero attached hydrogens (tertiary/aromatic N) is 2. The molecule has 0 amide bonds. The van der Waals surface area contributed by atoms with Gasteiger partial charge in [0.15, 0.2) is 0 Å². The SMILES string of the molecule is CC(C)(COC(F)F)S(=O)(=O)N(c1ccccn1)c1cc2ccccc2[nH]1. The molecular formula is C18H19F2N3O3S. The molecule has 0 aliphatic rings. The van der Waals surface area contributed by atoms with Gasteiger partial charge in [0.25, 0.3) is 0 Å². The summed E-state index contributed by atoms with van der Waals surface area (Å²) in [7, 11) is -4.17. The molecule has 0 spiro atoms. The maximum absolute atomic E-state index is 13.4. The fraction of sp³-hybridized carbons (Fsp3) is 0.278. The average molecular weight is 395 g/mol. The van der Waals surface area contributed by atoms with E-state index >= 15 is 0 Å². The Morgan fingerprint density at radius 3 is 2.52 bits per heavy atom. The number of pyridine rings is 1. The van der Waals surface area contributed by atoms with E-state index in [1.165, 1.54) is 26.1 Å². The van der Waals surface area contributed by atoms with Crippen LogP contribution in [-0.4, -0.2) is 36.4 Å². The van der Waals surface area contributed by atoms with Crippen molar-refractivity contribution >= 4 is 32.6 Å². The first-order valence-electron chi connectivity index (χ1n) is 8.16. The van der Waals surface area contributed by atoms with E-state index in [9.17, 15) is 17.2 Å². The number of rotatable bonds is 7. The standard InChI is InChI=1S/C18H19F2N3O3S/c1-18(2,12-26-17(19)20)27(24,25)23(15-9-5-6-10-21-15)16-11-13-7-3-4-8-14(13)22-16/h3-11,17,22H,12H2,1-2H3. The molecule has 3 rings (SSSR count). The van der Waals surface area contributed by atoms with Crippen molar-refractivity contribution in [3.8, 4) is 0 Å². The normalized spacial score (nSPS) is 12.6. The number of para-hydroxylation sites is 1. The first-order valence-corrected chi connectivity index (χ1v) is 9.60. The van der Waals surface area contributed by atoms with E-state index in [0.29, 0.717) is 0 Å². The zero-order valence-electron chi connectivity index (χ0n) is 14.8. The van der Waals surface area contributed by atoms with Crippen molar-refractivity contribution in [2.24, 2.45) is 0 Å². The van der Waals surface area contributed by atoms with E-state index in [-0.39, 0.29) is 11.6 Å². The second kappa shape index (κ2) is 7.24. The number of nitrogens with one attached hydrogen (secondary N) is 1. The number of sulfonamides is 1. The molecule has 0 radical (unpaired) electrons. The third-order valence-corrected chi connectivity index (χ3v) is 6.47. The van der Waals surface area contributed by atoms with Gasteiger partial charge in [-0.25, -0.2) is 17.7 Å². The Hall–Kier alpha value is -2.52. The largest absolute Gasteiger partial charge is 0.345 e. The Balaban J connectivity index is 2.12. The van der Waals surface area contributed by atoms with E-state index in [1.807, 2.05) is 24.3 Å². The van der Waals surface area contributed by atoms with Gasteiger partial charge in [-0.1, -0.05) is 24.3 Å². The van der Waals surface area contributed by atoms with Crippen LogP contribution in [0.4, 0.5) is 20.4 Å². The van der Waals surface area contributed by atoms with Crippen LogP contribution in [0.3, 0.4) is 0 Å². The molecule has 0 saturated carbocycles. The molecule has 0 fully saturated rings. The molecule has 144 valence electrons. The number of aromatic nitrogens is 2. The number of H-pyrrole nitrogens is 1. The fourth-order valence-electron chi connectivity index (χ4n) is 2.60. The minimum absolute atomic E-state index is 0.147. The third-order valence-electron chi connectivity index (χ3n) is 4.09. The van der Waals surface area contributed by atoms with E-state index in [1.54, 1.807) is 18.2 Å². The van der Waals surface area contributed by atoms with Gasteiger partial charge in [-0.05, 0) is 38.1 Å². The highest BCUT2D eigenvalue weighted by molar-refractivity contribution is 7.94. The number of anilines is 2. The van der Waals surface area contributed by atoms with Gasteiger partial charge in [-0.15, -0.1) is 0 Å². The van der Waals surface area contributed by atoms with Crippen molar-refractivity contribution in [3.05, 3.63) is 54.7 Å². The van der Waals surface area contributed by atoms with E-state index in [0.717, 1.165) is 15.2 Å². The quantitative estimate of drug-likeness (QED) is 0.655. The van der Waals surface area contributed by atoms with Crippen molar-refractivity contribution in [1.29, 1.82) is 0 Å². The highest BCUT2D eigenvalue weighted by atomic mass is 32.2. The number of aromatic amines is 1. The van der Waals surface area contributed by atoms with Crippen molar-refractivity contribution in [1.82, 2.24) is 9.97 Å². The Bertz CT molecular complexity index is 988. The highest BCUT2D eigenvalue weighted by Gasteiger charge is 2.42. The molecule has 0 aliphatic carbocycles. The molecule has 6 nitrogen and oxygen atoms in total. The van der Waals surface area contributed by atoms with Crippen LogP contribution in [0.15, 0.2) is 54.7 Å². The monoisotopic (exact) mass is 395 g/mol. The number of hydrogen-bond donors (Lipinski definition) is 1. The molecule has 0 saturated heterocycles. The lowest BCUT2D eigenvalue weighted by molar-refractivity contribution is -0.133. The summed E-state index contributed by atoms with van der Waals surface area (Å²) in [6, 6.07) is 13.8. The lowest BCUT2D eigenvalue weighted by Crippen LogP contribution is -2.46. The van der Waals surface area contributed by atoms with Crippen LogP contribution in [0.25, 0.3) is 10.9 Å². The third kappa shape index (κ3) is 3.79. The van der Waals surface area contributed by atoms with E-state index in [4.69, 9.17) is 0 Å². The molecule has 2 aromatic heterocycles. The summed E-state index contributed by atoms with van der Waals surface area (Å²) in [5.41, 5.74) is 0.741. The molecule has 0 unspecified atom stereocenters. The highest BCUT2D eigenvalue weighted by Crippen LogP contribution is 2.34. The zero-order valence-corrected chi connectivity index (χ0v) is 15.6. The summed E-state index contributed by atoms with van der Waals surface area (Å²) in [5.74, 6) is 0.411. The smallest absolute Gasteiger partial charge is 0.340 e. The second-order valence-corrected chi connectivity index (χ2v) is 8.95. The van der Waals surface area contributed by atoms with Crippen molar-refractivity contribution in [2.75, 3.05) is 10.9 Å². The van der Waals surface area contributed by atoms with E-state index < -0.39 is 28.0 Å². The number of benzene rings is 1. The lowest BCUT2D eigenvalue weighted by Gasteiger charge is -2.32. The Kier molecular flexibility index (Phi) is 5.16. The number of alkyl halides is 2. The predicted molar refractivity (Wildman–Crippen MR) is 99.6 cm³/mol. The van der Waals surface area contributed by atoms with Crippen molar-refractivity contribution < 1.29 is 21.9 Å². The van der Waals surface area contributed by atoms with Crippen LogP contribution in [0, 0.1) is 0 Å². The second-order valence-electron chi connectivity index (χ2n) is 6.53. The van der Waals surface area contributed by atoms with Crippen LogP contribution in [-0.2, 0) is 14.8 Å². The first kappa shape index (κ1) is 19.2. The fourth-order valence-corrected chi connectivity index (χ4v) is 4.03. The molecule has 0 bridgehead atoms. The van der Waals surface area contributed by atoms with Crippen LogP contribution < -0.4 is 4.31 Å². The van der Waals surface area contributed by atoms with E-state index in [2.05, 4.69) is 14.7 Å². The number of halogens is 2. The number of hydrogen-bond acceptors (Lipinski definition) is 4. The Morgan fingerprint density at radius 1 is 1.19 bits per heavy atom. The molecular weight excluding hydrogens is 376 g/mol. The molecule has 1 aromatic carbocycles. The summed E-state index contributed by atoms with van der Waals surface area (Å²) >= 11 is 0. The summed E-state index contributed by atoms with van der Waals surface area (Å²) in [5, 5.41) is 0.810. The van der Waals surface area contributed by atoms with Crippen molar-refractivity contribution in [3.63, 3.8) is 0 Å². The predicted octanol–water partition coefficient (Wildman–Crippen LogP) is 4.05. The van der Waals surface area contributed by atoms with Crippen LogP contribution in [0.1, 0.15) is 13.8 Å². The number of fused-ring (bicyclic) bond motifs is 1. The summed E-state index contributed by atoms with van der Waals surface area (Å²) < 4.78 is 55.5. The Morgan fingerprint density at radius 2 is 1.89 bits per heavy atom. The number of ether oxygens (including phenoxy) is 1. The first-order chi connectivity index (χ1) is 12.7. The van der Waals surface area contributed by atoms with Gasteiger partial charge in [-0.2, -0.15) is 8.78 Å². The topological polar surface area (TPSA) is 75.3 Å². The average Bonchev–Trinajstić information content (AvgIpc) is 3.04. The van der Waals surface area contributed by atoms with Gasteiger partial charge in [-0.3, -0.25) is 0 Å². The molecule has 27 heavy (non-hydrogen) atoms. The van der Waals surface area contributed by atoms with Gasteiger partial charge in [0.1, 0.15) is 16.4 Å². The molecule has 0 aliphatic heterocycles. The lowest BCUT2D eigenvalue weighted by atomic mass is 10.2. The van der Waals surface area contributed by atoms with Crippen LogP contribution in [0.2, 0.25) is 0 Å².